The van der Waals surface area contributed by atoms with Gasteiger partial charge >= 0.3 is 6.18 Å². The first-order valence-corrected chi connectivity index (χ1v) is 9.77. The molecule has 0 unspecified atom stereocenters. The van der Waals surface area contributed by atoms with Gasteiger partial charge in [0.05, 0.1) is 10.8 Å². The lowest BCUT2D eigenvalue weighted by molar-refractivity contribution is -0.112. The van der Waals surface area contributed by atoms with E-state index < -0.39 is 34.9 Å². The van der Waals surface area contributed by atoms with Crippen molar-refractivity contribution >= 4 is 34.6 Å². The van der Waals surface area contributed by atoms with Crippen LogP contribution in [0.3, 0.4) is 0 Å². The Balaban J connectivity index is 1.71. The number of hydrogen-bond donors (Lipinski definition) is 2. The Morgan fingerprint density at radius 2 is 1.83 bits per heavy atom. The predicted octanol–water partition coefficient (Wildman–Crippen LogP) is 4.72. The lowest BCUT2D eigenvalue weighted by atomic mass is 9.86. The van der Waals surface area contributed by atoms with Crippen LogP contribution >= 0.6 is 11.8 Å². The van der Waals surface area contributed by atoms with Gasteiger partial charge in [-0.15, -0.1) is 0 Å². The molecule has 154 valence electrons. The molecule has 2 aromatic carbocycles. The summed E-state index contributed by atoms with van der Waals surface area (Å²) >= 11 is 0.873. The molecule has 2 atom stereocenters. The highest BCUT2D eigenvalue weighted by Crippen LogP contribution is 2.49. The fraction of sp³-hybridized carbons (Fsp3) is 0.143. The molecule has 4 rings (SSSR count). The number of fused-ring (bicyclic) bond motifs is 1. The van der Waals surface area contributed by atoms with Gasteiger partial charge in [0.2, 0.25) is 0 Å². The molecule has 0 spiro atoms. The molecule has 3 N–H and O–H groups in total. The average molecular weight is 433 g/mol. The zero-order chi connectivity index (χ0) is 21.5. The van der Waals surface area contributed by atoms with Crippen LogP contribution in [0.5, 0.6) is 0 Å². The number of nitrogens with zero attached hydrogens (tertiary/aromatic N) is 1. The summed E-state index contributed by atoms with van der Waals surface area (Å²) in [5.74, 6) is -1.83. The van der Waals surface area contributed by atoms with Crippen LogP contribution in [0.1, 0.15) is 5.56 Å². The minimum absolute atomic E-state index is 0.0725. The van der Waals surface area contributed by atoms with Crippen molar-refractivity contribution in [3.8, 4) is 0 Å². The van der Waals surface area contributed by atoms with Crippen molar-refractivity contribution in [1.82, 2.24) is 0 Å². The number of benzene rings is 2. The molecule has 2 heterocycles. The molecule has 1 amide bonds. The molecule has 0 bridgehead atoms. The fourth-order valence-electron chi connectivity index (χ4n) is 3.37. The molecule has 0 aromatic heterocycles. The molecule has 4 nitrogen and oxygen atoms in total. The average Bonchev–Trinajstić information content (AvgIpc) is 3.04. The first-order chi connectivity index (χ1) is 14.2. The van der Waals surface area contributed by atoms with E-state index in [2.05, 4.69) is 10.3 Å². The summed E-state index contributed by atoms with van der Waals surface area (Å²) in [4.78, 5) is 16.6. The van der Waals surface area contributed by atoms with Crippen LogP contribution in [-0.4, -0.2) is 23.2 Å². The maximum Gasteiger partial charge on any atom is 0.432 e. The highest BCUT2D eigenvalue weighted by molar-refractivity contribution is 8.04. The van der Waals surface area contributed by atoms with Gasteiger partial charge in [0, 0.05) is 11.4 Å². The Morgan fingerprint density at radius 3 is 2.50 bits per heavy atom. The number of hydrogen-bond acceptors (Lipinski definition) is 4. The number of aliphatic imine (C=N–C) groups is 1. The second-order valence-electron chi connectivity index (χ2n) is 6.71. The van der Waals surface area contributed by atoms with E-state index in [1.165, 1.54) is 18.2 Å². The van der Waals surface area contributed by atoms with Crippen molar-refractivity contribution in [3.63, 3.8) is 0 Å². The topological polar surface area (TPSA) is 67.5 Å². The summed E-state index contributed by atoms with van der Waals surface area (Å²) in [5, 5.41) is 1.61. The predicted molar refractivity (Wildman–Crippen MR) is 109 cm³/mol. The Bertz CT molecular complexity index is 1090. The molecule has 2 aromatic rings. The lowest BCUT2D eigenvalue weighted by Crippen LogP contribution is -2.31. The van der Waals surface area contributed by atoms with Gasteiger partial charge in [-0.1, -0.05) is 48.2 Å². The van der Waals surface area contributed by atoms with Crippen LogP contribution in [-0.2, 0) is 4.79 Å². The minimum atomic E-state index is -4.63. The van der Waals surface area contributed by atoms with E-state index in [4.69, 9.17) is 5.73 Å². The molecule has 9 heteroatoms. The Hall–Kier alpha value is -3.07. The van der Waals surface area contributed by atoms with E-state index in [1.54, 1.807) is 30.3 Å². The first kappa shape index (κ1) is 20.2. The van der Waals surface area contributed by atoms with Gasteiger partial charge in [-0.05, 0) is 35.4 Å². The SMILES string of the molecule is NC1=C(C(=O)Nc2cccc(F)c2)S[C@@H]2N=C(C(F)(F)F)C=C(c3ccccc3)[C@@H]12. The third-order valence-corrected chi connectivity index (χ3v) is 5.98. The standard InChI is InChI=1S/C21H15F4N3OS/c22-12-7-4-8-13(9-12)27-19(29)18-17(26)16-14(11-5-2-1-3-6-11)10-15(21(23,24)25)28-20(16)30-18/h1-10,16,20H,26H2,(H,27,29)/t16-,20-/m0/s1. The van der Waals surface area contributed by atoms with Crippen LogP contribution < -0.4 is 11.1 Å². The van der Waals surface area contributed by atoms with Gasteiger partial charge in [0.1, 0.15) is 16.9 Å². The molecule has 0 saturated carbocycles. The lowest BCUT2D eigenvalue weighted by Gasteiger charge is -2.26. The molecule has 30 heavy (non-hydrogen) atoms. The summed E-state index contributed by atoms with van der Waals surface area (Å²) < 4.78 is 53.6. The number of halogens is 4. The number of carbonyl (C=O) groups is 1. The van der Waals surface area contributed by atoms with Gasteiger partial charge in [0.25, 0.3) is 5.91 Å². The summed E-state index contributed by atoms with van der Waals surface area (Å²) in [6.07, 6.45) is -3.65. The minimum Gasteiger partial charge on any atom is -0.400 e. The highest BCUT2D eigenvalue weighted by Gasteiger charge is 2.46. The number of nitrogens with one attached hydrogen (secondary N) is 1. The number of amides is 1. The highest BCUT2D eigenvalue weighted by atomic mass is 32.2. The maximum atomic E-state index is 13.4. The van der Waals surface area contributed by atoms with Crippen LogP contribution in [0.25, 0.3) is 5.57 Å². The van der Waals surface area contributed by atoms with E-state index >= 15 is 0 Å². The van der Waals surface area contributed by atoms with Gasteiger partial charge in [-0.3, -0.25) is 9.79 Å². The summed E-state index contributed by atoms with van der Waals surface area (Å²) in [6, 6.07) is 13.8. The van der Waals surface area contributed by atoms with Crippen molar-refractivity contribution in [2.75, 3.05) is 5.32 Å². The van der Waals surface area contributed by atoms with Gasteiger partial charge in [0.15, 0.2) is 0 Å². The Kier molecular flexibility index (Phi) is 5.15. The van der Waals surface area contributed by atoms with E-state index in [1.807, 2.05) is 0 Å². The summed E-state index contributed by atoms with van der Waals surface area (Å²) in [5.41, 5.74) is 6.49. The fourth-order valence-corrected chi connectivity index (χ4v) is 4.63. The van der Waals surface area contributed by atoms with E-state index in [9.17, 15) is 22.4 Å². The maximum absolute atomic E-state index is 13.4. The van der Waals surface area contributed by atoms with Crippen LogP contribution in [0.2, 0.25) is 0 Å². The number of dihydropyridines is 1. The van der Waals surface area contributed by atoms with Gasteiger partial charge in [-0.25, -0.2) is 4.39 Å². The largest absolute Gasteiger partial charge is 0.432 e. The normalized spacial score (nSPS) is 21.1. The number of carbonyl (C=O) groups excluding carboxylic acids is 1. The van der Waals surface area contributed by atoms with E-state index in [0.29, 0.717) is 11.1 Å². The van der Waals surface area contributed by atoms with Crippen LogP contribution in [0.4, 0.5) is 23.2 Å². The molecule has 0 saturated heterocycles. The first-order valence-electron chi connectivity index (χ1n) is 8.89. The Morgan fingerprint density at radius 1 is 1.10 bits per heavy atom. The van der Waals surface area contributed by atoms with Crippen molar-refractivity contribution in [2.24, 2.45) is 16.6 Å². The number of rotatable bonds is 3. The molecule has 0 fully saturated rings. The van der Waals surface area contributed by atoms with Gasteiger partial charge < -0.3 is 11.1 Å². The zero-order valence-electron chi connectivity index (χ0n) is 15.3. The van der Waals surface area contributed by atoms with Gasteiger partial charge in [-0.2, -0.15) is 13.2 Å². The van der Waals surface area contributed by atoms with Crippen LogP contribution in [0, 0.1) is 11.7 Å². The number of anilines is 1. The van der Waals surface area contributed by atoms with Crippen molar-refractivity contribution in [3.05, 3.63) is 82.7 Å². The third-order valence-electron chi connectivity index (χ3n) is 4.70. The molecule has 2 aliphatic heterocycles. The molecule has 0 aliphatic carbocycles. The van der Waals surface area contributed by atoms with E-state index in [0.717, 1.165) is 23.9 Å². The number of thioether (sulfide) groups is 1. The summed E-state index contributed by atoms with van der Waals surface area (Å²) in [7, 11) is 0. The molecule has 0 radical (unpaired) electrons. The Labute approximate surface area is 173 Å². The third kappa shape index (κ3) is 3.85. The van der Waals surface area contributed by atoms with Crippen LogP contribution in [0.15, 0.2) is 76.3 Å². The second-order valence-corrected chi connectivity index (χ2v) is 7.84. The number of allylic oxidation sites excluding steroid dienone is 1. The van der Waals surface area contributed by atoms with Crippen molar-refractivity contribution in [2.45, 2.75) is 11.6 Å². The monoisotopic (exact) mass is 433 g/mol. The molecular weight excluding hydrogens is 418 g/mol. The van der Waals surface area contributed by atoms with Crippen molar-refractivity contribution in [1.29, 1.82) is 0 Å². The number of alkyl halides is 3. The van der Waals surface area contributed by atoms with E-state index in [-0.39, 0.29) is 16.3 Å². The molecule has 2 aliphatic rings. The summed E-state index contributed by atoms with van der Waals surface area (Å²) in [6.45, 7) is 0. The zero-order valence-corrected chi connectivity index (χ0v) is 16.1. The van der Waals surface area contributed by atoms with Crippen molar-refractivity contribution < 1.29 is 22.4 Å². The smallest absolute Gasteiger partial charge is 0.400 e. The quantitative estimate of drug-likeness (QED) is 0.688. The second kappa shape index (κ2) is 7.64. The molecular formula is C21H15F4N3OS. The number of nitrogens with two attached hydrogens (primary N) is 1.